The Morgan fingerprint density at radius 3 is 2.55 bits per heavy atom. The van der Waals surface area contributed by atoms with E-state index < -0.39 is 6.09 Å². The number of fused-ring (bicyclic) bond motifs is 1. The molecule has 20 heavy (non-hydrogen) atoms. The second kappa shape index (κ2) is 5.61. The summed E-state index contributed by atoms with van der Waals surface area (Å²) < 4.78 is 0. The number of hydrogen-bond acceptors (Lipinski definition) is 2. The van der Waals surface area contributed by atoms with Gasteiger partial charge in [0.15, 0.2) is 0 Å². The average Bonchev–Trinajstić information content (AvgIpc) is 2.37. The van der Waals surface area contributed by atoms with Gasteiger partial charge in [0.1, 0.15) is 0 Å². The zero-order chi connectivity index (χ0) is 14.7. The van der Waals surface area contributed by atoms with Crippen molar-refractivity contribution in [3.05, 3.63) is 42.0 Å². The van der Waals surface area contributed by atoms with Crippen LogP contribution in [0.5, 0.6) is 0 Å². The maximum Gasteiger partial charge on any atom is 0.409 e. The van der Waals surface area contributed by atoms with Crippen LogP contribution in [0.1, 0.15) is 24.2 Å². The van der Waals surface area contributed by atoms with Crippen molar-refractivity contribution >= 4 is 28.5 Å². The Balaban J connectivity index is 2.45. The first-order valence-corrected chi connectivity index (χ1v) is 6.31. The highest BCUT2D eigenvalue weighted by atomic mass is 16.4. The lowest BCUT2D eigenvalue weighted by Crippen LogP contribution is -2.30. The van der Waals surface area contributed by atoms with E-state index in [0.717, 1.165) is 5.39 Å². The van der Waals surface area contributed by atoms with Gasteiger partial charge in [0.25, 0.3) is 5.91 Å². The van der Waals surface area contributed by atoms with Crippen molar-refractivity contribution in [3.63, 3.8) is 0 Å². The lowest BCUT2D eigenvalue weighted by atomic mass is 10.0. The molecule has 0 aromatic heterocycles. The molecular weight excluding hydrogens is 256 g/mol. The molecule has 0 saturated carbocycles. The fourth-order valence-electron chi connectivity index (χ4n) is 1.98. The Hall–Kier alpha value is -2.56. The third-order valence-corrected chi connectivity index (χ3v) is 2.81. The lowest BCUT2D eigenvalue weighted by Gasteiger charge is -2.10. The summed E-state index contributed by atoms with van der Waals surface area (Å²) >= 11 is 0. The Kier molecular flexibility index (Phi) is 3.89. The van der Waals surface area contributed by atoms with Gasteiger partial charge >= 0.3 is 6.09 Å². The maximum absolute atomic E-state index is 12.0. The van der Waals surface area contributed by atoms with Crippen LogP contribution in [0.3, 0.4) is 0 Å². The van der Waals surface area contributed by atoms with Crippen LogP contribution in [-0.4, -0.2) is 23.1 Å². The third kappa shape index (κ3) is 3.06. The van der Waals surface area contributed by atoms with Gasteiger partial charge in [-0.15, -0.1) is 0 Å². The molecule has 104 valence electrons. The second-order valence-corrected chi connectivity index (χ2v) is 4.80. The van der Waals surface area contributed by atoms with Crippen molar-refractivity contribution in [1.29, 1.82) is 0 Å². The van der Waals surface area contributed by atoms with Crippen molar-refractivity contribution < 1.29 is 14.7 Å². The Bertz CT molecular complexity index is 665. The van der Waals surface area contributed by atoms with Gasteiger partial charge in [0.2, 0.25) is 0 Å². The predicted molar refractivity (Wildman–Crippen MR) is 78.2 cm³/mol. The van der Waals surface area contributed by atoms with E-state index in [1.165, 1.54) is 0 Å². The summed E-state index contributed by atoms with van der Waals surface area (Å²) in [4.78, 5) is 22.8. The zero-order valence-corrected chi connectivity index (χ0v) is 11.3. The molecular formula is C15H16N2O3. The van der Waals surface area contributed by atoms with Crippen LogP contribution in [0.25, 0.3) is 10.8 Å². The minimum atomic E-state index is -1.13. The van der Waals surface area contributed by atoms with Crippen molar-refractivity contribution in [2.24, 2.45) is 0 Å². The van der Waals surface area contributed by atoms with Crippen LogP contribution >= 0.6 is 0 Å². The Morgan fingerprint density at radius 2 is 1.90 bits per heavy atom. The van der Waals surface area contributed by atoms with Crippen molar-refractivity contribution in [1.82, 2.24) is 5.32 Å². The van der Waals surface area contributed by atoms with E-state index in [2.05, 4.69) is 10.6 Å². The van der Waals surface area contributed by atoms with Crippen molar-refractivity contribution in [2.45, 2.75) is 19.9 Å². The van der Waals surface area contributed by atoms with E-state index in [1.54, 1.807) is 30.3 Å². The first-order chi connectivity index (χ1) is 9.47. The van der Waals surface area contributed by atoms with Gasteiger partial charge in [-0.2, -0.15) is 0 Å². The molecule has 0 aliphatic carbocycles. The van der Waals surface area contributed by atoms with Gasteiger partial charge in [-0.25, -0.2) is 4.79 Å². The summed E-state index contributed by atoms with van der Waals surface area (Å²) in [6.45, 7) is 3.77. The smallest absolute Gasteiger partial charge is 0.409 e. The predicted octanol–water partition coefficient (Wildman–Crippen LogP) is 3.07. The average molecular weight is 272 g/mol. The number of carbonyl (C=O) groups is 2. The van der Waals surface area contributed by atoms with E-state index in [-0.39, 0.29) is 11.9 Å². The van der Waals surface area contributed by atoms with Gasteiger partial charge in [0.05, 0.1) is 5.69 Å². The molecule has 5 heteroatoms. The minimum absolute atomic E-state index is 0.0468. The number of hydrogen-bond donors (Lipinski definition) is 3. The zero-order valence-electron chi connectivity index (χ0n) is 11.3. The maximum atomic E-state index is 12.0. The molecule has 0 atom stereocenters. The van der Waals surface area contributed by atoms with Gasteiger partial charge in [-0.05, 0) is 37.4 Å². The highest BCUT2D eigenvalue weighted by molar-refractivity contribution is 6.04. The highest BCUT2D eigenvalue weighted by Gasteiger charge is 2.10. The SMILES string of the molecule is CC(C)NC(=O)c1ccc2cccc(NC(=O)O)c2c1. The molecule has 0 bridgehead atoms. The first kappa shape index (κ1) is 13.9. The number of nitrogens with one attached hydrogen (secondary N) is 2. The number of carbonyl (C=O) groups excluding carboxylic acids is 1. The van der Waals surface area contributed by atoms with Crippen molar-refractivity contribution in [2.75, 3.05) is 5.32 Å². The van der Waals surface area contributed by atoms with Crippen LogP contribution in [0.4, 0.5) is 10.5 Å². The molecule has 0 heterocycles. The molecule has 0 aliphatic heterocycles. The molecule has 2 aromatic rings. The van der Waals surface area contributed by atoms with E-state index in [4.69, 9.17) is 5.11 Å². The van der Waals surface area contributed by atoms with Crippen LogP contribution in [0.15, 0.2) is 36.4 Å². The molecule has 0 radical (unpaired) electrons. The number of benzene rings is 2. The lowest BCUT2D eigenvalue weighted by molar-refractivity contribution is 0.0943. The van der Waals surface area contributed by atoms with Crippen LogP contribution in [0.2, 0.25) is 0 Å². The summed E-state index contributed by atoms with van der Waals surface area (Å²) in [7, 11) is 0. The number of anilines is 1. The van der Waals surface area contributed by atoms with E-state index in [9.17, 15) is 9.59 Å². The summed E-state index contributed by atoms with van der Waals surface area (Å²) in [5.41, 5.74) is 0.972. The molecule has 0 spiro atoms. The van der Waals surface area contributed by atoms with E-state index in [0.29, 0.717) is 16.6 Å². The van der Waals surface area contributed by atoms with Gasteiger partial charge in [-0.3, -0.25) is 10.1 Å². The molecule has 5 nitrogen and oxygen atoms in total. The highest BCUT2D eigenvalue weighted by Crippen LogP contribution is 2.24. The minimum Gasteiger partial charge on any atom is -0.465 e. The second-order valence-electron chi connectivity index (χ2n) is 4.80. The molecule has 0 unspecified atom stereocenters. The third-order valence-electron chi connectivity index (χ3n) is 2.81. The summed E-state index contributed by atoms with van der Waals surface area (Å²) in [5, 5.41) is 15.6. The fraction of sp³-hybridized carbons (Fsp3) is 0.200. The van der Waals surface area contributed by atoms with Crippen LogP contribution in [-0.2, 0) is 0 Å². The van der Waals surface area contributed by atoms with Crippen LogP contribution < -0.4 is 10.6 Å². The molecule has 2 rings (SSSR count). The first-order valence-electron chi connectivity index (χ1n) is 6.31. The number of rotatable bonds is 3. The van der Waals surface area contributed by atoms with Gasteiger partial charge in [-0.1, -0.05) is 18.2 Å². The molecule has 2 aromatic carbocycles. The van der Waals surface area contributed by atoms with E-state index >= 15 is 0 Å². The Morgan fingerprint density at radius 1 is 1.15 bits per heavy atom. The Labute approximate surface area is 116 Å². The molecule has 0 aliphatic rings. The number of carboxylic acid groups (broad SMARTS) is 1. The summed E-state index contributed by atoms with van der Waals surface area (Å²) in [6.07, 6.45) is -1.13. The molecule has 3 N–H and O–H groups in total. The van der Waals surface area contributed by atoms with Gasteiger partial charge < -0.3 is 10.4 Å². The molecule has 2 amide bonds. The molecule has 0 fully saturated rings. The normalized spacial score (nSPS) is 10.6. The van der Waals surface area contributed by atoms with Crippen molar-refractivity contribution in [3.8, 4) is 0 Å². The summed E-state index contributed by atoms with van der Waals surface area (Å²) in [5.74, 6) is -0.174. The number of amides is 2. The molecule has 0 saturated heterocycles. The monoisotopic (exact) mass is 272 g/mol. The standard InChI is InChI=1S/C15H16N2O3/c1-9(2)16-14(18)11-7-6-10-4-3-5-13(12(10)8-11)17-15(19)20/h3-9,17H,1-2H3,(H,16,18)(H,19,20). The van der Waals surface area contributed by atoms with E-state index in [1.807, 2.05) is 19.9 Å². The van der Waals surface area contributed by atoms with Crippen LogP contribution in [0, 0.1) is 0 Å². The van der Waals surface area contributed by atoms with Gasteiger partial charge in [0, 0.05) is 17.0 Å². The largest absolute Gasteiger partial charge is 0.465 e. The summed E-state index contributed by atoms with van der Waals surface area (Å²) in [6, 6.07) is 10.6. The quantitative estimate of drug-likeness (QED) is 0.803. The topological polar surface area (TPSA) is 78.4 Å². The fourth-order valence-corrected chi connectivity index (χ4v) is 1.98.